The van der Waals surface area contributed by atoms with Crippen LogP contribution >= 0.6 is 11.6 Å². The Balaban J connectivity index is 1.91. The molecule has 8 heteroatoms. The third-order valence-corrected chi connectivity index (χ3v) is 5.60. The van der Waals surface area contributed by atoms with Crippen molar-refractivity contribution in [1.29, 1.82) is 0 Å². The second-order valence-corrected chi connectivity index (χ2v) is 7.55. The highest BCUT2D eigenvalue weighted by atomic mass is 35.5. The summed E-state index contributed by atoms with van der Waals surface area (Å²) in [6.45, 7) is 3.42. The Morgan fingerprint density at radius 1 is 1.33 bits per heavy atom. The standard InChI is InChI=1S/C19H27ClFN3O3/c1-13(24-9-7-14(8-10-24)22(2)12-18(25)26)19(27)23(3)11-15-16(20)5-4-6-17(15)21/h4-6,13-14H,7-12H2,1-3H3,(H,25,26). The number of likely N-dealkylation sites (N-methyl/N-ethyl adjacent to an activating group) is 2. The number of hydrogen-bond acceptors (Lipinski definition) is 4. The molecule has 6 nitrogen and oxygen atoms in total. The van der Waals surface area contributed by atoms with Crippen molar-refractivity contribution in [3.05, 3.63) is 34.6 Å². The highest BCUT2D eigenvalue weighted by Crippen LogP contribution is 2.22. The highest BCUT2D eigenvalue weighted by Gasteiger charge is 2.30. The van der Waals surface area contributed by atoms with Crippen LogP contribution in [0.1, 0.15) is 25.3 Å². The monoisotopic (exact) mass is 399 g/mol. The molecule has 0 bridgehead atoms. The van der Waals surface area contributed by atoms with E-state index in [1.807, 2.05) is 18.9 Å². The van der Waals surface area contributed by atoms with Gasteiger partial charge in [0.2, 0.25) is 5.91 Å². The van der Waals surface area contributed by atoms with E-state index < -0.39 is 11.8 Å². The number of carboxylic acid groups (broad SMARTS) is 1. The Kier molecular flexibility index (Phi) is 7.59. The normalized spacial score (nSPS) is 17.1. The molecule has 1 fully saturated rings. The van der Waals surface area contributed by atoms with E-state index in [2.05, 4.69) is 4.90 Å². The van der Waals surface area contributed by atoms with Gasteiger partial charge >= 0.3 is 5.97 Å². The Morgan fingerprint density at radius 3 is 2.52 bits per heavy atom. The van der Waals surface area contributed by atoms with Crippen LogP contribution in [0.3, 0.4) is 0 Å². The molecule has 0 aliphatic carbocycles. The number of carboxylic acids is 1. The van der Waals surface area contributed by atoms with Crippen LogP contribution < -0.4 is 0 Å². The summed E-state index contributed by atoms with van der Waals surface area (Å²) in [7, 11) is 3.46. The van der Waals surface area contributed by atoms with Gasteiger partial charge in [-0.15, -0.1) is 0 Å². The van der Waals surface area contributed by atoms with E-state index >= 15 is 0 Å². The van der Waals surface area contributed by atoms with Crippen molar-refractivity contribution in [3.8, 4) is 0 Å². The number of benzene rings is 1. The number of nitrogens with zero attached hydrogens (tertiary/aromatic N) is 3. The van der Waals surface area contributed by atoms with Crippen molar-refractivity contribution in [2.45, 2.75) is 38.4 Å². The maximum absolute atomic E-state index is 14.0. The first kappa shape index (κ1) is 21.6. The number of carbonyl (C=O) groups excluding carboxylic acids is 1. The quantitative estimate of drug-likeness (QED) is 0.762. The molecular formula is C19H27ClFN3O3. The van der Waals surface area contributed by atoms with Crippen LogP contribution in [0.5, 0.6) is 0 Å². The molecule has 1 aromatic carbocycles. The number of likely N-dealkylation sites (tertiary alicyclic amines) is 1. The topological polar surface area (TPSA) is 64.1 Å². The molecule has 1 heterocycles. The molecule has 1 aromatic rings. The predicted molar refractivity (Wildman–Crippen MR) is 102 cm³/mol. The fraction of sp³-hybridized carbons (Fsp3) is 0.579. The summed E-state index contributed by atoms with van der Waals surface area (Å²) in [5, 5.41) is 9.22. The molecule has 1 unspecified atom stereocenters. The second-order valence-electron chi connectivity index (χ2n) is 7.15. The lowest BCUT2D eigenvalue weighted by Crippen LogP contribution is -2.51. The van der Waals surface area contributed by atoms with Crippen LogP contribution in [0.4, 0.5) is 4.39 Å². The Bertz CT molecular complexity index is 660. The molecule has 0 spiro atoms. The van der Waals surface area contributed by atoms with Gasteiger partial charge in [0.25, 0.3) is 0 Å². The zero-order valence-electron chi connectivity index (χ0n) is 16.0. The van der Waals surface area contributed by atoms with Gasteiger partial charge in [-0.2, -0.15) is 0 Å². The molecule has 1 aliphatic heterocycles. The van der Waals surface area contributed by atoms with Crippen molar-refractivity contribution >= 4 is 23.5 Å². The van der Waals surface area contributed by atoms with Gasteiger partial charge in [-0.3, -0.25) is 19.4 Å². The fourth-order valence-corrected chi connectivity index (χ4v) is 3.75. The van der Waals surface area contributed by atoms with E-state index in [1.165, 1.54) is 17.0 Å². The molecule has 1 aliphatic rings. The van der Waals surface area contributed by atoms with Gasteiger partial charge in [0.1, 0.15) is 5.82 Å². The lowest BCUT2D eigenvalue weighted by Gasteiger charge is -2.39. The summed E-state index contributed by atoms with van der Waals surface area (Å²) in [4.78, 5) is 29.0. The van der Waals surface area contributed by atoms with E-state index in [0.29, 0.717) is 10.6 Å². The van der Waals surface area contributed by atoms with Crippen LogP contribution in [-0.2, 0) is 16.1 Å². The summed E-state index contributed by atoms with van der Waals surface area (Å²) in [6, 6.07) is 4.36. The summed E-state index contributed by atoms with van der Waals surface area (Å²) in [5.74, 6) is -1.35. The van der Waals surface area contributed by atoms with Gasteiger partial charge in [0.15, 0.2) is 0 Å². The van der Waals surface area contributed by atoms with Gasteiger partial charge in [0.05, 0.1) is 12.6 Å². The van der Waals surface area contributed by atoms with Crippen LogP contribution in [0.15, 0.2) is 18.2 Å². The first-order chi connectivity index (χ1) is 12.7. The molecule has 2 rings (SSSR count). The lowest BCUT2D eigenvalue weighted by atomic mass is 10.0. The van der Waals surface area contributed by atoms with Crippen molar-refractivity contribution in [2.75, 3.05) is 33.7 Å². The average Bonchev–Trinajstić information content (AvgIpc) is 2.63. The Hall–Kier alpha value is -1.70. The SMILES string of the molecule is CC(C(=O)N(C)Cc1c(F)cccc1Cl)N1CCC(N(C)CC(=O)O)CC1. The van der Waals surface area contributed by atoms with E-state index in [4.69, 9.17) is 16.7 Å². The molecule has 0 radical (unpaired) electrons. The minimum absolute atomic E-state index is 0.0191. The highest BCUT2D eigenvalue weighted by molar-refractivity contribution is 6.31. The number of hydrogen-bond donors (Lipinski definition) is 1. The molecule has 150 valence electrons. The Labute approximate surface area is 164 Å². The number of halogens is 2. The molecule has 27 heavy (non-hydrogen) atoms. The molecule has 1 amide bonds. The van der Waals surface area contributed by atoms with Crippen molar-refractivity contribution < 1.29 is 19.1 Å². The van der Waals surface area contributed by atoms with Gasteiger partial charge in [0, 0.05) is 43.3 Å². The molecule has 1 N–H and O–H groups in total. The van der Waals surface area contributed by atoms with Gasteiger partial charge < -0.3 is 10.0 Å². The number of aliphatic carboxylic acids is 1. The van der Waals surface area contributed by atoms with Gasteiger partial charge in [-0.25, -0.2) is 4.39 Å². The zero-order valence-corrected chi connectivity index (χ0v) is 16.7. The number of rotatable bonds is 7. The van der Waals surface area contributed by atoms with Crippen molar-refractivity contribution in [2.24, 2.45) is 0 Å². The summed E-state index contributed by atoms with van der Waals surface area (Å²) in [6.07, 6.45) is 1.62. The summed E-state index contributed by atoms with van der Waals surface area (Å²) < 4.78 is 14.0. The maximum atomic E-state index is 14.0. The minimum atomic E-state index is -0.836. The van der Waals surface area contributed by atoms with Crippen LogP contribution in [0, 0.1) is 5.82 Å². The largest absolute Gasteiger partial charge is 0.480 e. The van der Waals surface area contributed by atoms with E-state index in [0.717, 1.165) is 25.9 Å². The molecular weight excluding hydrogens is 373 g/mol. The maximum Gasteiger partial charge on any atom is 0.317 e. The third-order valence-electron chi connectivity index (χ3n) is 5.25. The van der Waals surface area contributed by atoms with Crippen LogP contribution in [0.2, 0.25) is 5.02 Å². The minimum Gasteiger partial charge on any atom is -0.480 e. The van der Waals surface area contributed by atoms with Crippen molar-refractivity contribution in [3.63, 3.8) is 0 Å². The summed E-state index contributed by atoms with van der Waals surface area (Å²) >= 11 is 6.05. The first-order valence-corrected chi connectivity index (χ1v) is 9.42. The number of carbonyl (C=O) groups is 2. The second kappa shape index (κ2) is 9.48. The Morgan fingerprint density at radius 2 is 1.96 bits per heavy atom. The van der Waals surface area contributed by atoms with E-state index in [9.17, 15) is 14.0 Å². The fourth-order valence-electron chi connectivity index (χ4n) is 3.53. The molecule has 0 aromatic heterocycles. The first-order valence-electron chi connectivity index (χ1n) is 9.04. The third kappa shape index (κ3) is 5.64. The number of piperidine rings is 1. The molecule has 1 atom stereocenters. The predicted octanol–water partition coefficient (Wildman–Crippen LogP) is 2.31. The van der Waals surface area contributed by atoms with Gasteiger partial charge in [-0.1, -0.05) is 17.7 Å². The van der Waals surface area contributed by atoms with E-state index in [1.54, 1.807) is 13.1 Å². The van der Waals surface area contributed by atoms with Crippen molar-refractivity contribution in [1.82, 2.24) is 14.7 Å². The zero-order chi connectivity index (χ0) is 20.1. The molecule has 0 saturated carbocycles. The summed E-state index contributed by atoms with van der Waals surface area (Å²) in [5.41, 5.74) is 0.316. The lowest BCUT2D eigenvalue weighted by molar-refractivity contribution is -0.138. The van der Waals surface area contributed by atoms with Crippen LogP contribution in [-0.4, -0.2) is 77.5 Å². The smallest absolute Gasteiger partial charge is 0.317 e. The van der Waals surface area contributed by atoms with Crippen LogP contribution in [0.25, 0.3) is 0 Å². The molecule has 1 saturated heterocycles. The number of amides is 1. The van der Waals surface area contributed by atoms with E-state index in [-0.39, 0.29) is 31.1 Å². The average molecular weight is 400 g/mol. The van der Waals surface area contributed by atoms with Gasteiger partial charge in [-0.05, 0) is 38.9 Å².